The van der Waals surface area contributed by atoms with E-state index in [2.05, 4.69) is 27.9 Å². The number of hydrogen-bond acceptors (Lipinski definition) is 3. The lowest BCUT2D eigenvalue weighted by Gasteiger charge is -2.28. The van der Waals surface area contributed by atoms with Gasteiger partial charge in [0.25, 0.3) is 0 Å². The first-order valence-corrected chi connectivity index (χ1v) is 9.82. The number of nitrogens with zero attached hydrogens (tertiary/aromatic N) is 1. The third-order valence-corrected chi connectivity index (χ3v) is 5.17. The molecule has 0 heterocycles. The molecule has 5 nitrogen and oxygen atoms in total. The van der Waals surface area contributed by atoms with E-state index in [4.69, 9.17) is 0 Å². The Labute approximate surface area is 149 Å². The normalized spacial score (nSPS) is 12.5. The minimum atomic E-state index is -3.59. The van der Waals surface area contributed by atoms with Crippen molar-refractivity contribution in [1.82, 2.24) is 0 Å². The zero-order chi connectivity index (χ0) is 17.0. The maximum atomic E-state index is 12.4. The van der Waals surface area contributed by atoms with E-state index in [1.807, 2.05) is 12.1 Å². The molecule has 0 radical (unpaired) electrons. The standard InChI is InChI=1S/C16H17IN2O3S/c1-12(16(20)18-14-10-8-13(17)9-11-14)19(23(2,21)22)15-6-4-3-5-7-15/h3-12H,1-2H3,(H,18,20)/t12-/m1/s1. The maximum absolute atomic E-state index is 12.4. The van der Waals surface area contributed by atoms with Crippen molar-refractivity contribution in [3.63, 3.8) is 0 Å². The molecule has 0 aliphatic rings. The summed E-state index contributed by atoms with van der Waals surface area (Å²) in [6.45, 7) is 1.57. The van der Waals surface area contributed by atoms with Gasteiger partial charge in [-0.15, -0.1) is 0 Å². The van der Waals surface area contributed by atoms with Crippen LogP contribution >= 0.6 is 22.6 Å². The minimum Gasteiger partial charge on any atom is -0.324 e. The van der Waals surface area contributed by atoms with Crippen molar-refractivity contribution in [2.45, 2.75) is 13.0 Å². The van der Waals surface area contributed by atoms with Crippen molar-refractivity contribution in [2.24, 2.45) is 0 Å². The Morgan fingerprint density at radius 3 is 2.17 bits per heavy atom. The van der Waals surface area contributed by atoms with Crippen LogP contribution in [0.5, 0.6) is 0 Å². The van der Waals surface area contributed by atoms with Gasteiger partial charge in [0.15, 0.2) is 0 Å². The summed E-state index contributed by atoms with van der Waals surface area (Å²) in [7, 11) is -3.59. The summed E-state index contributed by atoms with van der Waals surface area (Å²) >= 11 is 2.17. The van der Waals surface area contributed by atoms with Crippen molar-refractivity contribution >= 4 is 49.9 Å². The average Bonchev–Trinajstić information content (AvgIpc) is 2.49. The van der Waals surface area contributed by atoms with Gasteiger partial charge in [0.05, 0.1) is 11.9 Å². The summed E-state index contributed by atoms with van der Waals surface area (Å²) in [4.78, 5) is 12.4. The molecule has 0 aliphatic heterocycles. The van der Waals surface area contributed by atoms with Crippen LogP contribution in [0.3, 0.4) is 0 Å². The second-order valence-corrected chi connectivity index (χ2v) is 8.17. The van der Waals surface area contributed by atoms with Gasteiger partial charge in [0.2, 0.25) is 15.9 Å². The van der Waals surface area contributed by atoms with Crippen LogP contribution in [0.4, 0.5) is 11.4 Å². The van der Waals surface area contributed by atoms with Gasteiger partial charge in [-0.25, -0.2) is 8.42 Å². The fourth-order valence-corrected chi connectivity index (χ4v) is 3.70. The van der Waals surface area contributed by atoms with Gasteiger partial charge in [-0.1, -0.05) is 18.2 Å². The Morgan fingerprint density at radius 2 is 1.65 bits per heavy atom. The number of nitrogens with one attached hydrogen (secondary N) is 1. The molecular weight excluding hydrogens is 427 g/mol. The minimum absolute atomic E-state index is 0.388. The summed E-state index contributed by atoms with van der Waals surface area (Å²) < 4.78 is 26.4. The number of hydrogen-bond donors (Lipinski definition) is 1. The van der Waals surface area contributed by atoms with Crippen LogP contribution in [0.1, 0.15) is 6.92 Å². The van der Waals surface area contributed by atoms with Crippen LogP contribution in [-0.2, 0) is 14.8 Å². The molecule has 2 aromatic carbocycles. The van der Waals surface area contributed by atoms with Gasteiger partial charge in [-0.05, 0) is 65.9 Å². The highest BCUT2D eigenvalue weighted by molar-refractivity contribution is 14.1. The lowest BCUT2D eigenvalue weighted by atomic mass is 10.2. The van der Waals surface area contributed by atoms with E-state index in [1.165, 1.54) is 0 Å². The largest absolute Gasteiger partial charge is 0.324 e. The smallest absolute Gasteiger partial charge is 0.247 e. The Kier molecular flexibility index (Phi) is 5.64. The van der Waals surface area contributed by atoms with Crippen molar-refractivity contribution < 1.29 is 13.2 Å². The Balaban J connectivity index is 2.25. The monoisotopic (exact) mass is 444 g/mol. The summed E-state index contributed by atoms with van der Waals surface area (Å²) in [5.41, 5.74) is 1.09. The van der Waals surface area contributed by atoms with Gasteiger partial charge < -0.3 is 5.32 Å². The predicted octanol–water partition coefficient (Wildman–Crippen LogP) is 3.08. The number of anilines is 2. The lowest BCUT2D eigenvalue weighted by molar-refractivity contribution is -0.116. The molecule has 1 amide bonds. The predicted molar refractivity (Wildman–Crippen MR) is 101 cm³/mol. The van der Waals surface area contributed by atoms with E-state index in [0.29, 0.717) is 11.4 Å². The molecule has 1 atom stereocenters. The van der Waals surface area contributed by atoms with Crippen molar-refractivity contribution in [2.75, 3.05) is 15.9 Å². The highest BCUT2D eigenvalue weighted by atomic mass is 127. The zero-order valence-electron chi connectivity index (χ0n) is 12.7. The number of benzene rings is 2. The third kappa shape index (κ3) is 4.68. The van der Waals surface area contributed by atoms with Crippen LogP contribution in [0.2, 0.25) is 0 Å². The Morgan fingerprint density at radius 1 is 1.09 bits per heavy atom. The SMILES string of the molecule is C[C@H](C(=O)Nc1ccc(I)cc1)N(c1ccccc1)S(C)(=O)=O. The average molecular weight is 444 g/mol. The van der Waals surface area contributed by atoms with Crippen molar-refractivity contribution in [3.05, 3.63) is 58.2 Å². The first kappa shape index (κ1) is 17.7. The number of para-hydroxylation sites is 1. The number of rotatable bonds is 5. The molecule has 0 saturated heterocycles. The molecule has 0 fully saturated rings. The molecule has 0 bridgehead atoms. The molecule has 7 heteroatoms. The first-order chi connectivity index (χ1) is 10.8. The number of carbonyl (C=O) groups excluding carboxylic acids is 1. The molecule has 0 aromatic heterocycles. The molecule has 0 spiro atoms. The van der Waals surface area contributed by atoms with E-state index in [9.17, 15) is 13.2 Å². The molecule has 2 rings (SSSR count). The topological polar surface area (TPSA) is 66.5 Å². The number of sulfonamides is 1. The molecular formula is C16H17IN2O3S. The van der Waals surface area contributed by atoms with Crippen LogP contribution < -0.4 is 9.62 Å². The first-order valence-electron chi connectivity index (χ1n) is 6.90. The van der Waals surface area contributed by atoms with Gasteiger partial charge in [0.1, 0.15) is 6.04 Å². The number of amides is 1. The fourth-order valence-electron chi connectivity index (χ4n) is 2.16. The maximum Gasteiger partial charge on any atom is 0.247 e. The van der Waals surface area contributed by atoms with Gasteiger partial charge in [-0.3, -0.25) is 9.10 Å². The summed E-state index contributed by atoms with van der Waals surface area (Å²) in [6.07, 6.45) is 1.09. The molecule has 0 aliphatic carbocycles. The van der Waals surface area contributed by atoms with Crippen molar-refractivity contribution in [3.8, 4) is 0 Å². The van der Waals surface area contributed by atoms with Crippen LogP contribution in [0.15, 0.2) is 54.6 Å². The van der Waals surface area contributed by atoms with Gasteiger partial charge in [-0.2, -0.15) is 0 Å². The number of halogens is 1. The Hall–Kier alpha value is -1.61. The fraction of sp³-hybridized carbons (Fsp3) is 0.188. The van der Waals surface area contributed by atoms with E-state index >= 15 is 0 Å². The second kappa shape index (κ2) is 7.31. The van der Waals surface area contributed by atoms with Gasteiger partial charge in [0, 0.05) is 9.26 Å². The summed E-state index contributed by atoms with van der Waals surface area (Å²) in [5.74, 6) is -0.388. The van der Waals surface area contributed by atoms with E-state index in [1.54, 1.807) is 49.4 Å². The van der Waals surface area contributed by atoms with Gasteiger partial charge >= 0.3 is 0 Å². The molecule has 0 unspecified atom stereocenters. The van der Waals surface area contributed by atoms with E-state index in [0.717, 1.165) is 14.1 Å². The zero-order valence-corrected chi connectivity index (χ0v) is 15.7. The molecule has 23 heavy (non-hydrogen) atoms. The molecule has 2 aromatic rings. The highest BCUT2D eigenvalue weighted by Crippen LogP contribution is 2.21. The van der Waals surface area contributed by atoms with E-state index < -0.39 is 16.1 Å². The summed E-state index contributed by atoms with van der Waals surface area (Å²) in [6, 6.07) is 15.0. The molecule has 0 saturated carbocycles. The van der Waals surface area contributed by atoms with Crippen LogP contribution in [0, 0.1) is 3.57 Å². The number of carbonyl (C=O) groups is 1. The Bertz CT molecular complexity index is 777. The van der Waals surface area contributed by atoms with Crippen LogP contribution in [-0.4, -0.2) is 26.6 Å². The highest BCUT2D eigenvalue weighted by Gasteiger charge is 2.28. The van der Waals surface area contributed by atoms with Crippen LogP contribution in [0.25, 0.3) is 0 Å². The van der Waals surface area contributed by atoms with Crippen molar-refractivity contribution in [1.29, 1.82) is 0 Å². The molecule has 122 valence electrons. The second-order valence-electron chi connectivity index (χ2n) is 5.07. The summed E-state index contributed by atoms with van der Waals surface area (Å²) in [5, 5.41) is 2.74. The quantitative estimate of drug-likeness (QED) is 0.721. The van der Waals surface area contributed by atoms with E-state index in [-0.39, 0.29) is 5.91 Å². The lowest BCUT2D eigenvalue weighted by Crippen LogP contribution is -2.45. The third-order valence-electron chi connectivity index (χ3n) is 3.21. The molecule has 1 N–H and O–H groups in total.